The van der Waals surface area contributed by atoms with Gasteiger partial charge < -0.3 is 9.30 Å². The average molecular weight is 463 g/mol. The van der Waals surface area contributed by atoms with E-state index in [1.807, 2.05) is 42.8 Å². The minimum atomic E-state index is -0.574. The molecule has 0 fully saturated rings. The van der Waals surface area contributed by atoms with E-state index in [2.05, 4.69) is 9.97 Å². The van der Waals surface area contributed by atoms with E-state index in [-0.39, 0.29) is 0 Å². The number of hydrogen-bond acceptors (Lipinski definition) is 5. The summed E-state index contributed by atoms with van der Waals surface area (Å²) in [5.74, 6) is 0.238. The molecule has 5 rings (SSSR count). The molecule has 5 aromatic rings. The van der Waals surface area contributed by atoms with E-state index in [1.165, 1.54) is 40.2 Å². The molecule has 0 radical (unpaired) electrons. The molecule has 0 saturated carbocycles. The van der Waals surface area contributed by atoms with Crippen LogP contribution in [-0.2, 0) is 0 Å². The first-order valence-electron chi connectivity index (χ1n) is 10.1. The second-order valence-corrected chi connectivity index (χ2v) is 8.62. The van der Waals surface area contributed by atoms with Crippen LogP contribution in [0.5, 0.6) is 5.75 Å². The number of thiophene rings is 1. The number of fused-ring (bicyclic) bond motifs is 1. The molecule has 2 aromatic carbocycles. The van der Waals surface area contributed by atoms with Crippen LogP contribution in [0.2, 0.25) is 0 Å². The van der Waals surface area contributed by atoms with E-state index in [9.17, 15) is 14.0 Å². The fourth-order valence-electron chi connectivity index (χ4n) is 3.92. The van der Waals surface area contributed by atoms with Crippen molar-refractivity contribution in [1.29, 1.82) is 0 Å². The fourth-order valence-corrected chi connectivity index (χ4v) is 5.24. The summed E-state index contributed by atoms with van der Waals surface area (Å²) >= 11 is 1.33. The van der Waals surface area contributed by atoms with Crippen molar-refractivity contribution in [1.82, 2.24) is 19.1 Å². The molecule has 0 unspecified atom stereocenters. The standard InChI is InChI=1S/C24H19FN4O3S/c1-13-11-28(12-26-13)18-9-4-15(10-19(18)32-3)21-14(2)20-22(30)27-24(31)29(23(20)33-21)17-7-5-16(25)6-8-17/h4-12H,1-3H3,(H,27,30,31). The highest BCUT2D eigenvalue weighted by atomic mass is 32.1. The van der Waals surface area contributed by atoms with Gasteiger partial charge in [-0.2, -0.15) is 0 Å². The number of rotatable bonds is 4. The molecule has 9 heteroatoms. The number of ether oxygens (including phenoxy) is 1. The van der Waals surface area contributed by atoms with E-state index in [0.717, 1.165) is 27.4 Å². The number of hydrogen-bond donors (Lipinski definition) is 1. The number of methoxy groups -OCH3 is 1. The van der Waals surface area contributed by atoms with Crippen LogP contribution in [0, 0.1) is 19.7 Å². The Morgan fingerprint density at radius 2 is 1.85 bits per heavy atom. The predicted molar refractivity (Wildman–Crippen MR) is 127 cm³/mol. The Balaban J connectivity index is 1.73. The molecule has 0 saturated heterocycles. The second-order valence-electron chi connectivity index (χ2n) is 7.62. The maximum atomic E-state index is 13.4. The van der Waals surface area contributed by atoms with Gasteiger partial charge in [-0.3, -0.25) is 14.3 Å². The van der Waals surface area contributed by atoms with Gasteiger partial charge in [-0.1, -0.05) is 6.07 Å². The zero-order chi connectivity index (χ0) is 23.3. The van der Waals surface area contributed by atoms with Gasteiger partial charge in [0.25, 0.3) is 5.56 Å². The molecular weight excluding hydrogens is 443 g/mol. The maximum absolute atomic E-state index is 13.4. The number of nitrogens with zero attached hydrogens (tertiary/aromatic N) is 3. The number of aromatic amines is 1. The van der Waals surface area contributed by atoms with Gasteiger partial charge in [0.15, 0.2) is 0 Å². The molecule has 0 aliphatic carbocycles. The van der Waals surface area contributed by atoms with Crippen molar-refractivity contribution in [3.63, 3.8) is 0 Å². The molecule has 1 N–H and O–H groups in total. The quantitative estimate of drug-likeness (QED) is 0.430. The van der Waals surface area contributed by atoms with Gasteiger partial charge in [-0.05, 0) is 61.4 Å². The first-order valence-corrected chi connectivity index (χ1v) is 10.9. The summed E-state index contributed by atoms with van der Waals surface area (Å²) in [7, 11) is 1.60. The van der Waals surface area contributed by atoms with Gasteiger partial charge in [-0.25, -0.2) is 14.2 Å². The van der Waals surface area contributed by atoms with Crippen LogP contribution >= 0.6 is 11.3 Å². The predicted octanol–water partition coefficient (Wildman–Crippen LogP) is 4.36. The lowest BCUT2D eigenvalue weighted by molar-refractivity contribution is 0.413. The molecule has 0 aliphatic rings. The summed E-state index contributed by atoms with van der Waals surface area (Å²) in [6, 6.07) is 11.3. The number of H-pyrrole nitrogens is 1. The molecule has 33 heavy (non-hydrogen) atoms. The molecule has 166 valence electrons. The third-order valence-corrected chi connectivity index (χ3v) is 6.82. The number of imidazole rings is 1. The van der Waals surface area contributed by atoms with Gasteiger partial charge in [0, 0.05) is 11.1 Å². The molecule has 0 atom stereocenters. The summed E-state index contributed by atoms with van der Waals surface area (Å²) in [4.78, 5) is 33.4. The molecule has 3 aromatic heterocycles. The third kappa shape index (κ3) is 3.46. The van der Waals surface area contributed by atoms with Gasteiger partial charge in [-0.15, -0.1) is 11.3 Å². The van der Waals surface area contributed by atoms with E-state index in [1.54, 1.807) is 13.4 Å². The van der Waals surface area contributed by atoms with Crippen molar-refractivity contribution in [3.8, 4) is 27.6 Å². The average Bonchev–Trinajstić information content (AvgIpc) is 3.38. The topological polar surface area (TPSA) is 81.9 Å². The van der Waals surface area contributed by atoms with Crippen LogP contribution in [0.25, 0.3) is 32.0 Å². The molecule has 0 bridgehead atoms. The number of aryl methyl sites for hydroxylation is 2. The van der Waals surface area contributed by atoms with E-state index >= 15 is 0 Å². The SMILES string of the molecule is COc1cc(-c2sc3c(c2C)c(=O)[nH]c(=O)n3-c2ccc(F)cc2)ccc1-n1cnc(C)c1. The van der Waals surface area contributed by atoms with E-state index in [0.29, 0.717) is 21.7 Å². The van der Waals surface area contributed by atoms with Crippen LogP contribution in [0.3, 0.4) is 0 Å². The monoisotopic (exact) mass is 462 g/mol. The Morgan fingerprint density at radius 1 is 1.09 bits per heavy atom. The lowest BCUT2D eigenvalue weighted by atomic mass is 10.1. The lowest BCUT2D eigenvalue weighted by Crippen LogP contribution is -2.28. The van der Waals surface area contributed by atoms with Crippen LogP contribution in [0.15, 0.2) is 64.6 Å². The lowest BCUT2D eigenvalue weighted by Gasteiger charge is -2.11. The van der Waals surface area contributed by atoms with Crippen molar-refractivity contribution in [2.24, 2.45) is 0 Å². The summed E-state index contributed by atoms with van der Waals surface area (Å²) in [5, 5.41) is 0.423. The third-order valence-electron chi connectivity index (χ3n) is 5.50. The Hall–Kier alpha value is -3.98. The zero-order valence-corrected chi connectivity index (χ0v) is 18.9. The summed E-state index contributed by atoms with van der Waals surface area (Å²) in [6.07, 6.45) is 3.63. The Labute approximate surface area is 191 Å². The Morgan fingerprint density at radius 3 is 2.52 bits per heavy atom. The fraction of sp³-hybridized carbons (Fsp3) is 0.125. The second kappa shape index (κ2) is 7.86. The highest BCUT2D eigenvalue weighted by molar-refractivity contribution is 7.22. The number of aromatic nitrogens is 4. The first kappa shape index (κ1) is 20.9. The molecule has 0 amide bonds. The van der Waals surface area contributed by atoms with E-state index in [4.69, 9.17) is 4.74 Å². The van der Waals surface area contributed by atoms with Crippen molar-refractivity contribution in [2.75, 3.05) is 7.11 Å². The maximum Gasteiger partial charge on any atom is 0.334 e. The molecule has 0 aliphatic heterocycles. The largest absolute Gasteiger partial charge is 0.495 e. The number of halogens is 1. The van der Waals surface area contributed by atoms with Crippen LogP contribution in [-0.4, -0.2) is 26.2 Å². The number of benzene rings is 2. The van der Waals surface area contributed by atoms with Gasteiger partial charge in [0.2, 0.25) is 0 Å². The Kier molecular flexibility index (Phi) is 4.98. The molecule has 3 heterocycles. The normalized spacial score (nSPS) is 11.3. The highest BCUT2D eigenvalue weighted by Crippen LogP contribution is 2.39. The van der Waals surface area contributed by atoms with Crippen molar-refractivity contribution >= 4 is 21.6 Å². The summed E-state index contributed by atoms with van der Waals surface area (Å²) in [6.45, 7) is 3.76. The minimum absolute atomic E-state index is 0.407. The van der Waals surface area contributed by atoms with Crippen LogP contribution in [0.1, 0.15) is 11.3 Å². The molecular formula is C24H19FN4O3S. The highest BCUT2D eigenvalue weighted by Gasteiger charge is 2.20. The molecule has 7 nitrogen and oxygen atoms in total. The van der Waals surface area contributed by atoms with Crippen molar-refractivity contribution < 1.29 is 9.13 Å². The summed E-state index contributed by atoms with van der Waals surface area (Å²) < 4.78 is 22.3. The number of nitrogens with one attached hydrogen (secondary N) is 1. The van der Waals surface area contributed by atoms with Gasteiger partial charge >= 0.3 is 5.69 Å². The Bertz CT molecular complexity index is 1630. The van der Waals surface area contributed by atoms with Gasteiger partial charge in [0.05, 0.1) is 35.9 Å². The van der Waals surface area contributed by atoms with Crippen molar-refractivity contribution in [3.05, 3.63) is 92.9 Å². The molecule has 0 spiro atoms. The van der Waals surface area contributed by atoms with Gasteiger partial charge in [0.1, 0.15) is 16.4 Å². The van der Waals surface area contributed by atoms with Crippen molar-refractivity contribution in [2.45, 2.75) is 13.8 Å². The van der Waals surface area contributed by atoms with Crippen LogP contribution < -0.4 is 16.0 Å². The first-order chi connectivity index (χ1) is 15.9. The summed E-state index contributed by atoms with van der Waals surface area (Å²) in [5.41, 5.74) is 2.77. The van der Waals surface area contributed by atoms with E-state index < -0.39 is 17.1 Å². The minimum Gasteiger partial charge on any atom is -0.495 e. The smallest absolute Gasteiger partial charge is 0.334 e. The zero-order valence-electron chi connectivity index (χ0n) is 18.0. The van der Waals surface area contributed by atoms with Crippen LogP contribution in [0.4, 0.5) is 4.39 Å².